The van der Waals surface area contributed by atoms with E-state index in [-0.39, 0.29) is 37.6 Å². The van der Waals surface area contributed by atoms with Crippen LogP contribution in [0.25, 0.3) is 0 Å². The van der Waals surface area contributed by atoms with Crippen molar-refractivity contribution in [2.45, 2.75) is 25.2 Å². The second-order valence-electron chi connectivity index (χ2n) is 5.38. The number of ketones is 1. The van der Waals surface area contributed by atoms with E-state index < -0.39 is 5.92 Å². The van der Waals surface area contributed by atoms with Crippen LogP contribution in [-0.2, 0) is 0 Å². The molecule has 0 aliphatic carbocycles. The van der Waals surface area contributed by atoms with Crippen molar-refractivity contribution < 1.29 is 23.1 Å². The number of piperidine rings is 1. The van der Waals surface area contributed by atoms with Crippen LogP contribution in [0.1, 0.15) is 40.0 Å². The van der Waals surface area contributed by atoms with Crippen molar-refractivity contribution in [1.29, 1.82) is 0 Å². The molecule has 0 N–H and O–H groups in total. The van der Waals surface area contributed by atoms with Gasteiger partial charge in [0.15, 0.2) is 5.78 Å². The molecule has 0 bridgehead atoms. The largest absolute Gasteiger partial charge is 0.492 e. The van der Waals surface area contributed by atoms with Gasteiger partial charge in [0.2, 0.25) is 0 Å². The van der Waals surface area contributed by atoms with Gasteiger partial charge in [0.05, 0.1) is 12.2 Å². The Kier molecular flexibility index (Phi) is 3.39. The summed E-state index contributed by atoms with van der Waals surface area (Å²) in [6, 6.07) is 4.66. The molecule has 1 aromatic rings. The molecule has 6 heteroatoms. The summed E-state index contributed by atoms with van der Waals surface area (Å²) in [6.07, 6.45) is -0.279. The number of amides is 1. The minimum atomic E-state index is -2.68. The smallest absolute Gasteiger partial charge is 0.253 e. The van der Waals surface area contributed by atoms with Crippen LogP contribution in [0.4, 0.5) is 8.78 Å². The zero-order chi connectivity index (χ0) is 15.0. The molecule has 1 aromatic carbocycles. The SMILES string of the molecule is O=C1CCOc2cc(C(=O)N3CCC(F)(F)CC3)ccc21. The molecule has 2 aliphatic rings. The van der Waals surface area contributed by atoms with Gasteiger partial charge in [0, 0.05) is 37.9 Å². The second-order valence-corrected chi connectivity index (χ2v) is 5.38. The van der Waals surface area contributed by atoms with Gasteiger partial charge in [0.25, 0.3) is 11.8 Å². The van der Waals surface area contributed by atoms with E-state index in [1.807, 2.05) is 0 Å². The number of carbonyl (C=O) groups is 2. The normalized spacial score (nSPS) is 20.7. The van der Waals surface area contributed by atoms with Crippen LogP contribution in [0.2, 0.25) is 0 Å². The highest BCUT2D eigenvalue weighted by molar-refractivity contribution is 6.02. The molecule has 112 valence electrons. The summed E-state index contributed by atoms with van der Waals surface area (Å²) >= 11 is 0. The maximum Gasteiger partial charge on any atom is 0.253 e. The number of likely N-dealkylation sites (tertiary alicyclic amines) is 1. The average Bonchev–Trinajstić information content (AvgIpc) is 2.46. The zero-order valence-electron chi connectivity index (χ0n) is 11.4. The van der Waals surface area contributed by atoms with Gasteiger partial charge in [-0.25, -0.2) is 8.78 Å². The first-order valence-electron chi connectivity index (χ1n) is 6.93. The van der Waals surface area contributed by atoms with E-state index in [1.165, 1.54) is 11.0 Å². The van der Waals surface area contributed by atoms with Gasteiger partial charge in [-0.2, -0.15) is 0 Å². The summed E-state index contributed by atoms with van der Waals surface area (Å²) in [5.74, 6) is -2.58. The summed E-state index contributed by atoms with van der Waals surface area (Å²) in [5.41, 5.74) is 0.844. The number of ether oxygens (including phenoxy) is 1. The van der Waals surface area contributed by atoms with E-state index in [9.17, 15) is 18.4 Å². The summed E-state index contributed by atoms with van der Waals surface area (Å²) < 4.78 is 31.6. The quantitative estimate of drug-likeness (QED) is 0.800. The lowest BCUT2D eigenvalue weighted by Crippen LogP contribution is -2.42. The first-order valence-corrected chi connectivity index (χ1v) is 6.93. The number of alkyl halides is 2. The van der Waals surface area contributed by atoms with E-state index in [0.29, 0.717) is 29.9 Å². The van der Waals surface area contributed by atoms with Crippen molar-refractivity contribution in [2.75, 3.05) is 19.7 Å². The fraction of sp³-hybridized carbons (Fsp3) is 0.467. The third kappa shape index (κ3) is 2.75. The van der Waals surface area contributed by atoms with Crippen LogP contribution in [-0.4, -0.2) is 42.2 Å². The van der Waals surface area contributed by atoms with E-state index in [0.717, 1.165) is 0 Å². The molecule has 0 unspecified atom stereocenters. The van der Waals surface area contributed by atoms with Crippen LogP contribution in [0.5, 0.6) is 5.75 Å². The highest BCUT2D eigenvalue weighted by Crippen LogP contribution is 2.30. The molecular formula is C15H15F2NO3. The Hall–Kier alpha value is -1.98. The number of rotatable bonds is 1. The molecular weight excluding hydrogens is 280 g/mol. The van der Waals surface area contributed by atoms with E-state index >= 15 is 0 Å². The minimum absolute atomic E-state index is 0.00661. The topological polar surface area (TPSA) is 46.6 Å². The monoisotopic (exact) mass is 295 g/mol. The van der Waals surface area contributed by atoms with Crippen molar-refractivity contribution in [3.8, 4) is 5.75 Å². The summed E-state index contributed by atoms with van der Waals surface area (Å²) in [5, 5.41) is 0. The fourth-order valence-electron chi connectivity index (χ4n) is 2.61. The molecule has 1 fully saturated rings. The van der Waals surface area contributed by atoms with Crippen LogP contribution in [0, 0.1) is 0 Å². The van der Waals surface area contributed by atoms with Gasteiger partial charge >= 0.3 is 0 Å². The van der Waals surface area contributed by atoms with Crippen molar-refractivity contribution in [1.82, 2.24) is 4.90 Å². The molecule has 0 saturated carbocycles. The van der Waals surface area contributed by atoms with Crippen LogP contribution in [0.15, 0.2) is 18.2 Å². The van der Waals surface area contributed by atoms with Crippen LogP contribution >= 0.6 is 0 Å². The zero-order valence-corrected chi connectivity index (χ0v) is 11.4. The standard InChI is InChI=1S/C15H15F2NO3/c16-15(17)4-6-18(7-5-15)14(20)10-1-2-11-12(19)3-8-21-13(11)9-10/h1-2,9H,3-8H2. The molecule has 0 spiro atoms. The Bertz CT molecular complexity index is 591. The van der Waals surface area contributed by atoms with Gasteiger partial charge < -0.3 is 9.64 Å². The molecule has 21 heavy (non-hydrogen) atoms. The number of nitrogens with zero attached hydrogens (tertiary/aromatic N) is 1. The molecule has 0 radical (unpaired) electrons. The number of benzene rings is 1. The van der Waals surface area contributed by atoms with Gasteiger partial charge in [-0.3, -0.25) is 9.59 Å². The van der Waals surface area contributed by atoms with Gasteiger partial charge in [-0.05, 0) is 18.2 Å². The summed E-state index contributed by atoms with van der Waals surface area (Å²) in [7, 11) is 0. The summed E-state index contributed by atoms with van der Waals surface area (Å²) in [4.78, 5) is 25.4. The molecule has 2 heterocycles. The van der Waals surface area contributed by atoms with Crippen molar-refractivity contribution in [2.24, 2.45) is 0 Å². The van der Waals surface area contributed by atoms with Gasteiger partial charge in [0.1, 0.15) is 5.75 Å². The van der Waals surface area contributed by atoms with E-state index in [4.69, 9.17) is 4.74 Å². The first-order chi connectivity index (χ1) is 9.96. The predicted octanol–water partition coefficient (Wildman–Crippen LogP) is 2.52. The number of Topliss-reactive ketones (excluding diaryl/α,β-unsaturated/α-hetero) is 1. The average molecular weight is 295 g/mol. The van der Waals surface area contributed by atoms with Crippen LogP contribution < -0.4 is 4.74 Å². The number of fused-ring (bicyclic) bond motifs is 1. The van der Waals surface area contributed by atoms with Crippen molar-refractivity contribution in [3.63, 3.8) is 0 Å². The second kappa shape index (κ2) is 5.09. The Labute approximate surface area is 120 Å². The lowest BCUT2D eigenvalue weighted by molar-refractivity contribution is -0.0494. The van der Waals surface area contributed by atoms with E-state index in [1.54, 1.807) is 12.1 Å². The Morgan fingerprint density at radius 3 is 2.67 bits per heavy atom. The highest BCUT2D eigenvalue weighted by atomic mass is 19.3. The number of halogens is 2. The summed E-state index contributed by atoms with van der Waals surface area (Å²) in [6.45, 7) is 0.394. The number of hydrogen-bond donors (Lipinski definition) is 0. The molecule has 2 aliphatic heterocycles. The highest BCUT2D eigenvalue weighted by Gasteiger charge is 2.36. The van der Waals surface area contributed by atoms with Gasteiger partial charge in [-0.1, -0.05) is 0 Å². The number of hydrogen-bond acceptors (Lipinski definition) is 3. The van der Waals surface area contributed by atoms with Gasteiger partial charge in [-0.15, -0.1) is 0 Å². The molecule has 4 nitrogen and oxygen atoms in total. The number of carbonyl (C=O) groups excluding carboxylic acids is 2. The van der Waals surface area contributed by atoms with Crippen molar-refractivity contribution >= 4 is 11.7 Å². The van der Waals surface area contributed by atoms with Crippen molar-refractivity contribution in [3.05, 3.63) is 29.3 Å². The maximum absolute atomic E-state index is 13.1. The molecule has 0 aromatic heterocycles. The third-order valence-electron chi connectivity index (χ3n) is 3.90. The lowest BCUT2D eigenvalue weighted by atomic mass is 10.0. The molecule has 3 rings (SSSR count). The molecule has 1 amide bonds. The first kappa shape index (κ1) is 14.0. The van der Waals surface area contributed by atoms with Crippen LogP contribution in [0.3, 0.4) is 0 Å². The van der Waals surface area contributed by atoms with E-state index in [2.05, 4.69) is 0 Å². The fourth-order valence-corrected chi connectivity index (χ4v) is 2.61. The lowest BCUT2D eigenvalue weighted by Gasteiger charge is -2.32. The Morgan fingerprint density at radius 1 is 1.24 bits per heavy atom. The molecule has 0 atom stereocenters. The minimum Gasteiger partial charge on any atom is -0.492 e. The Balaban J connectivity index is 1.78. The predicted molar refractivity (Wildman–Crippen MR) is 71.0 cm³/mol. The maximum atomic E-state index is 13.1. The Morgan fingerprint density at radius 2 is 1.95 bits per heavy atom. The third-order valence-corrected chi connectivity index (χ3v) is 3.90. The molecule has 1 saturated heterocycles.